The lowest BCUT2D eigenvalue weighted by molar-refractivity contribution is 0.572. The third-order valence-electron chi connectivity index (χ3n) is 11.0. The lowest BCUT2D eigenvalue weighted by Crippen LogP contribution is -2.30. The van der Waals surface area contributed by atoms with Gasteiger partial charge in [0.25, 0.3) is 0 Å². The van der Waals surface area contributed by atoms with Crippen LogP contribution in [0.15, 0.2) is 204 Å². The maximum absolute atomic E-state index is 5.32. The van der Waals surface area contributed by atoms with E-state index in [1.54, 1.807) is 0 Å². The van der Waals surface area contributed by atoms with Crippen molar-refractivity contribution in [2.45, 2.75) is 24.2 Å². The molecule has 0 saturated heterocycles. The SMILES string of the molecule is c1ccc([C@@H]2N=C(Nc3ccc4ccccc4c3-c3c(NC4=N[C@@H](c5ccccc5)[C@H](c5ccccc5)N4)ccc4ccccc34)N[C@H]2c2ccccc2)cc1. The van der Waals surface area contributed by atoms with Crippen molar-refractivity contribution in [1.82, 2.24) is 10.6 Å². The molecule has 0 saturated carbocycles. The molecule has 0 aromatic heterocycles. The summed E-state index contributed by atoms with van der Waals surface area (Å²) >= 11 is 0. The summed E-state index contributed by atoms with van der Waals surface area (Å²) in [4.78, 5) is 10.6. The molecule has 0 fully saturated rings. The highest BCUT2D eigenvalue weighted by Crippen LogP contribution is 2.45. The van der Waals surface area contributed by atoms with Gasteiger partial charge in [0.1, 0.15) is 12.1 Å². The van der Waals surface area contributed by atoms with E-state index in [9.17, 15) is 0 Å². The Balaban J connectivity index is 1.10. The standard InChI is InChI=1S/C50H40N6/c1-5-19-35(20-6-1)45-46(36-21-7-2-8-22-36)54-49(53-45)51-41-31-29-33-17-13-15-27-39(33)43(41)44-40-28-16-14-18-34(40)30-32-42(44)52-50-55-47(37-23-9-3-10-24-37)48(56-50)38-25-11-4-12-26-38/h1-32,45-48H,(H2,51,53,54)(H2,52,55,56)/t45-,46-,47-,48-/m0/s1. The highest BCUT2D eigenvalue weighted by Gasteiger charge is 2.33. The van der Waals surface area contributed by atoms with Gasteiger partial charge >= 0.3 is 0 Å². The van der Waals surface area contributed by atoms with Crippen LogP contribution < -0.4 is 21.3 Å². The molecule has 2 heterocycles. The van der Waals surface area contributed by atoms with Crippen molar-refractivity contribution >= 4 is 44.8 Å². The van der Waals surface area contributed by atoms with Crippen LogP contribution in [-0.4, -0.2) is 11.9 Å². The highest BCUT2D eigenvalue weighted by atomic mass is 15.3. The third kappa shape index (κ3) is 6.31. The quantitative estimate of drug-likeness (QED) is 0.132. The number of rotatable bonds is 7. The van der Waals surface area contributed by atoms with Crippen molar-refractivity contribution < 1.29 is 0 Å². The summed E-state index contributed by atoms with van der Waals surface area (Å²) in [6.07, 6.45) is 0. The van der Waals surface area contributed by atoms with E-state index < -0.39 is 0 Å². The Morgan fingerprint density at radius 1 is 0.339 bits per heavy atom. The predicted octanol–water partition coefficient (Wildman–Crippen LogP) is 11.4. The minimum Gasteiger partial charge on any atom is -0.347 e. The molecule has 6 nitrogen and oxygen atoms in total. The zero-order chi connectivity index (χ0) is 37.3. The minimum absolute atomic E-state index is 0.0265. The summed E-state index contributed by atoms with van der Waals surface area (Å²) in [5.74, 6) is 1.47. The summed E-state index contributed by atoms with van der Waals surface area (Å²) < 4.78 is 0. The van der Waals surface area contributed by atoms with E-state index in [0.29, 0.717) is 0 Å². The molecule has 0 unspecified atom stereocenters. The summed E-state index contributed by atoms with van der Waals surface area (Å²) in [7, 11) is 0. The lowest BCUT2D eigenvalue weighted by Gasteiger charge is -2.22. The van der Waals surface area contributed by atoms with Gasteiger partial charge in [-0.15, -0.1) is 0 Å². The first-order valence-corrected chi connectivity index (χ1v) is 19.2. The summed E-state index contributed by atoms with van der Waals surface area (Å²) in [5.41, 5.74) is 8.80. The smallest absolute Gasteiger partial charge is 0.197 e. The Morgan fingerprint density at radius 2 is 0.679 bits per heavy atom. The molecule has 270 valence electrons. The van der Waals surface area contributed by atoms with E-state index in [1.165, 1.54) is 11.1 Å². The molecule has 0 radical (unpaired) electrons. The fraction of sp³-hybridized carbons (Fsp3) is 0.0800. The van der Waals surface area contributed by atoms with Gasteiger partial charge in [0.2, 0.25) is 0 Å². The molecule has 0 amide bonds. The van der Waals surface area contributed by atoms with Gasteiger partial charge in [0.15, 0.2) is 11.9 Å². The molecular weight excluding hydrogens is 685 g/mol. The predicted molar refractivity (Wildman–Crippen MR) is 232 cm³/mol. The Labute approximate surface area is 326 Å². The zero-order valence-electron chi connectivity index (χ0n) is 30.7. The zero-order valence-corrected chi connectivity index (χ0v) is 30.7. The van der Waals surface area contributed by atoms with Crippen molar-refractivity contribution in [3.63, 3.8) is 0 Å². The van der Waals surface area contributed by atoms with Crippen LogP contribution in [0.2, 0.25) is 0 Å². The van der Waals surface area contributed by atoms with Crippen LogP contribution in [0.1, 0.15) is 46.4 Å². The molecule has 0 aliphatic carbocycles. The van der Waals surface area contributed by atoms with Gasteiger partial charge in [-0.3, -0.25) is 0 Å². The van der Waals surface area contributed by atoms with Gasteiger partial charge in [-0.05, 0) is 55.9 Å². The lowest BCUT2D eigenvalue weighted by atomic mass is 9.91. The molecule has 0 spiro atoms. The molecule has 8 aromatic rings. The fourth-order valence-corrected chi connectivity index (χ4v) is 8.32. The van der Waals surface area contributed by atoms with Crippen LogP contribution in [-0.2, 0) is 0 Å². The summed E-state index contributed by atoms with van der Waals surface area (Å²) in [6.45, 7) is 0. The molecule has 4 atom stereocenters. The van der Waals surface area contributed by atoms with E-state index >= 15 is 0 Å². The first-order chi connectivity index (χ1) is 27.8. The molecule has 56 heavy (non-hydrogen) atoms. The van der Waals surface area contributed by atoms with Crippen LogP contribution in [0.25, 0.3) is 32.7 Å². The van der Waals surface area contributed by atoms with Gasteiger partial charge in [0.05, 0.1) is 12.1 Å². The summed E-state index contributed by atoms with van der Waals surface area (Å²) in [5, 5.41) is 19.8. The number of nitrogens with one attached hydrogen (secondary N) is 4. The molecule has 0 bridgehead atoms. The number of guanidine groups is 2. The van der Waals surface area contributed by atoms with Gasteiger partial charge < -0.3 is 21.3 Å². The minimum atomic E-state index is -0.0960. The number of fused-ring (bicyclic) bond motifs is 2. The molecular formula is C50H40N6. The van der Waals surface area contributed by atoms with E-state index in [-0.39, 0.29) is 24.2 Å². The second-order valence-electron chi connectivity index (χ2n) is 14.4. The van der Waals surface area contributed by atoms with Gasteiger partial charge in [-0.1, -0.05) is 182 Å². The van der Waals surface area contributed by atoms with Gasteiger partial charge in [-0.25, -0.2) is 9.98 Å². The van der Waals surface area contributed by atoms with E-state index in [4.69, 9.17) is 9.98 Å². The number of aliphatic imine (C=N–C) groups is 2. The van der Waals surface area contributed by atoms with Gasteiger partial charge in [0, 0.05) is 22.5 Å². The normalized spacial score (nSPS) is 18.9. The maximum atomic E-state index is 5.32. The number of anilines is 2. The largest absolute Gasteiger partial charge is 0.347 e. The van der Waals surface area contributed by atoms with Crippen molar-refractivity contribution in [1.29, 1.82) is 0 Å². The topological polar surface area (TPSA) is 72.8 Å². The molecule has 10 rings (SSSR count). The number of benzene rings is 8. The number of hydrogen-bond donors (Lipinski definition) is 4. The fourth-order valence-electron chi connectivity index (χ4n) is 8.32. The van der Waals surface area contributed by atoms with Crippen LogP contribution in [0.4, 0.5) is 11.4 Å². The Hall–Kier alpha value is -7.18. The Bertz CT molecular complexity index is 2520. The van der Waals surface area contributed by atoms with Crippen LogP contribution in [0.3, 0.4) is 0 Å². The average molecular weight is 725 g/mol. The van der Waals surface area contributed by atoms with Gasteiger partial charge in [-0.2, -0.15) is 0 Å². The van der Waals surface area contributed by atoms with Crippen LogP contribution in [0, 0.1) is 0 Å². The van der Waals surface area contributed by atoms with E-state index in [1.807, 2.05) is 0 Å². The number of nitrogens with zero attached hydrogens (tertiary/aromatic N) is 2. The van der Waals surface area contributed by atoms with Crippen LogP contribution in [0.5, 0.6) is 0 Å². The Morgan fingerprint density at radius 3 is 1.07 bits per heavy atom. The van der Waals surface area contributed by atoms with E-state index in [2.05, 4.69) is 215 Å². The first kappa shape index (κ1) is 33.4. The summed E-state index contributed by atoms with van der Waals surface area (Å²) in [6, 6.07) is 68.0. The second kappa shape index (κ2) is 14.6. The maximum Gasteiger partial charge on any atom is 0.197 e. The van der Waals surface area contributed by atoms with Crippen LogP contribution >= 0.6 is 0 Å². The van der Waals surface area contributed by atoms with Crippen molar-refractivity contribution in [2.24, 2.45) is 9.98 Å². The molecule has 2 aliphatic rings. The first-order valence-electron chi connectivity index (χ1n) is 19.2. The Kier molecular flexibility index (Phi) is 8.69. The molecule has 6 heteroatoms. The highest BCUT2D eigenvalue weighted by molar-refractivity contribution is 6.17. The average Bonchev–Trinajstić information content (AvgIpc) is 3.90. The van der Waals surface area contributed by atoms with Crippen molar-refractivity contribution in [3.8, 4) is 11.1 Å². The van der Waals surface area contributed by atoms with E-state index in [0.717, 1.165) is 67.1 Å². The van der Waals surface area contributed by atoms with Crippen molar-refractivity contribution in [2.75, 3.05) is 10.6 Å². The monoisotopic (exact) mass is 724 g/mol. The second-order valence-corrected chi connectivity index (χ2v) is 14.4. The number of hydrogen-bond acceptors (Lipinski definition) is 6. The third-order valence-corrected chi connectivity index (χ3v) is 11.0. The molecule has 2 aliphatic heterocycles. The van der Waals surface area contributed by atoms with Crippen molar-refractivity contribution in [3.05, 3.63) is 216 Å². The molecule has 8 aromatic carbocycles. The molecule has 4 N–H and O–H groups in total.